The third-order valence-electron chi connectivity index (χ3n) is 6.41. The van der Waals surface area contributed by atoms with E-state index in [9.17, 15) is 25.0 Å². The lowest BCUT2D eigenvalue weighted by Crippen LogP contribution is -2.31. The number of rotatable bonds is 8. The molecule has 3 aromatic carbocycles. The fourth-order valence-electron chi connectivity index (χ4n) is 4.34. The Hall–Kier alpha value is -5.04. The minimum atomic E-state index is -0.706. The molecule has 0 aliphatic carbocycles. The van der Waals surface area contributed by atoms with Crippen LogP contribution in [0, 0.1) is 27.2 Å². The monoisotopic (exact) mass is 557 g/mol. The van der Waals surface area contributed by atoms with Gasteiger partial charge in [0.1, 0.15) is 6.04 Å². The minimum absolute atomic E-state index is 0.0116. The van der Waals surface area contributed by atoms with Gasteiger partial charge in [-0.3, -0.25) is 25.0 Å². The van der Waals surface area contributed by atoms with Crippen molar-refractivity contribution in [3.05, 3.63) is 121 Å². The van der Waals surface area contributed by atoms with E-state index >= 15 is 0 Å². The Morgan fingerprint density at radius 2 is 1.60 bits per heavy atom. The molecule has 0 fully saturated rings. The maximum Gasteiger partial charge on any atom is 0.269 e. The summed E-state index contributed by atoms with van der Waals surface area (Å²) in [7, 11) is 0. The van der Waals surface area contributed by atoms with Gasteiger partial charge in [0.15, 0.2) is 0 Å². The summed E-state index contributed by atoms with van der Waals surface area (Å²) in [5, 5.41) is 33.4. The van der Waals surface area contributed by atoms with Gasteiger partial charge in [-0.2, -0.15) is 4.98 Å². The summed E-state index contributed by atoms with van der Waals surface area (Å²) in [5.41, 5.74) is 3.95. The van der Waals surface area contributed by atoms with Crippen LogP contribution in [-0.2, 0) is 10.5 Å². The smallest absolute Gasteiger partial charge is 0.269 e. The van der Waals surface area contributed by atoms with E-state index in [0.717, 1.165) is 11.1 Å². The van der Waals surface area contributed by atoms with Crippen LogP contribution in [0.3, 0.4) is 0 Å². The molecular weight excluding hydrogens is 534 g/mol. The van der Waals surface area contributed by atoms with Gasteiger partial charge in [0.05, 0.1) is 15.4 Å². The SMILES string of the molecule is CC1=C(C(=O)Nc2ccccc2C)C(c2ccc([N+](=O)[O-])cc2)n2nc(SCc3ccc([N+](=O)[O-])cc3)nc2N1. The lowest BCUT2D eigenvalue weighted by Gasteiger charge is -2.28. The molecular formula is C27H23N7O5S. The third-order valence-corrected chi connectivity index (χ3v) is 7.31. The Morgan fingerprint density at radius 1 is 0.975 bits per heavy atom. The van der Waals surface area contributed by atoms with Gasteiger partial charge in [0, 0.05) is 41.4 Å². The third kappa shape index (κ3) is 5.40. The molecule has 0 radical (unpaired) electrons. The Kier molecular flexibility index (Phi) is 7.29. The summed E-state index contributed by atoms with van der Waals surface area (Å²) >= 11 is 1.34. The predicted octanol–water partition coefficient (Wildman–Crippen LogP) is 5.62. The van der Waals surface area contributed by atoms with Gasteiger partial charge in [-0.1, -0.05) is 42.1 Å². The van der Waals surface area contributed by atoms with E-state index in [1.54, 1.807) is 35.9 Å². The molecule has 12 nitrogen and oxygen atoms in total. The number of thioether (sulfide) groups is 1. The molecule has 0 bridgehead atoms. The van der Waals surface area contributed by atoms with Gasteiger partial charge in [-0.15, -0.1) is 5.10 Å². The number of carbonyl (C=O) groups is 1. The number of para-hydroxylation sites is 1. The lowest BCUT2D eigenvalue weighted by atomic mass is 9.94. The summed E-state index contributed by atoms with van der Waals surface area (Å²) in [4.78, 5) is 39.5. The topological polar surface area (TPSA) is 158 Å². The van der Waals surface area contributed by atoms with Crippen LogP contribution in [0.15, 0.2) is 89.2 Å². The minimum Gasteiger partial charge on any atom is -0.328 e. The summed E-state index contributed by atoms with van der Waals surface area (Å²) in [6.45, 7) is 3.67. The second-order valence-corrected chi connectivity index (χ2v) is 10.0. The Bertz CT molecular complexity index is 1650. The van der Waals surface area contributed by atoms with Gasteiger partial charge in [-0.25, -0.2) is 4.68 Å². The van der Waals surface area contributed by atoms with Crippen LogP contribution in [0.5, 0.6) is 0 Å². The van der Waals surface area contributed by atoms with E-state index in [0.29, 0.717) is 39.4 Å². The standard InChI is InChI=1S/C27H23N7O5S/c1-16-5-3-4-6-22(16)29-25(35)23-17(2)28-26-30-27(40-15-18-7-11-20(12-8-18)33(36)37)31-32(26)24(23)19-9-13-21(14-10-19)34(38)39/h3-14,24H,15H2,1-2H3,(H,29,35)(H,28,30,31). The van der Waals surface area contributed by atoms with Crippen molar-refractivity contribution in [3.8, 4) is 0 Å². The summed E-state index contributed by atoms with van der Waals surface area (Å²) in [5.74, 6) is 0.542. The van der Waals surface area contributed by atoms with E-state index in [4.69, 9.17) is 0 Å². The molecule has 4 aromatic rings. The first-order valence-electron chi connectivity index (χ1n) is 12.1. The number of aryl methyl sites for hydroxylation is 1. The molecule has 2 heterocycles. The number of nitrogens with one attached hydrogen (secondary N) is 2. The van der Waals surface area contributed by atoms with Gasteiger partial charge >= 0.3 is 0 Å². The number of nitro benzene ring substituents is 2. The van der Waals surface area contributed by atoms with E-state index in [1.165, 1.54) is 36.0 Å². The van der Waals surface area contributed by atoms with E-state index in [1.807, 2.05) is 31.2 Å². The number of non-ortho nitro benzene ring substituents is 2. The average Bonchev–Trinajstić information content (AvgIpc) is 3.35. The Balaban J connectivity index is 1.47. The first-order chi connectivity index (χ1) is 19.2. The highest BCUT2D eigenvalue weighted by molar-refractivity contribution is 7.98. The van der Waals surface area contributed by atoms with Crippen molar-refractivity contribution in [2.24, 2.45) is 0 Å². The van der Waals surface area contributed by atoms with Crippen molar-refractivity contribution in [2.45, 2.75) is 30.8 Å². The molecule has 40 heavy (non-hydrogen) atoms. The van der Waals surface area contributed by atoms with Crippen molar-refractivity contribution in [3.63, 3.8) is 0 Å². The number of carbonyl (C=O) groups excluding carboxylic acids is 1. The van der Waals surface area contributed by atoms with Gasteiger partial charge < -0.3 is 10.6 Å². The van der Waals surface area contributed by atoms with Gasteiger partial charge in [-0.05, 0) is 48.7 Å². The lowest BCUT2D eigenvalue weighted by molar-refractivity contribution is -0.385. The summed E-state index contributed by atoms with van der Waals surface area (Å²) < 4.78 is 1.60. The first-order valence-corrected chi connectivity index (χ1v) is 13.1. The quantitative estimate of drug-likeness (QED) is 0.159. The van der Waals surface area contributed by atoms with E-state index < -0.39 is 15.9 Å². The molecule has 0 saturated heterocycles. The van der Waals surface area contributed by atoms with Crippen LogP contribution in [-0.4, -0.2) is 30.5 Å². The summed E-state index contributed by atoms with van der Waals surface area (Å²) in [6.07, 6.45) is 0. The van der Waals surface area contributed by atoms with Crippen LogP contribution < -0.4 is 10.6 Å². The number of nitro groups is 2. The number of nitrogens with zero attached hydrogens (tertiary/aromatic N) is 5. The second kappa shape index (κ2) is 11.0. The fraction of sp³-hybridized carbons (Fsp3) is 0.148. The zero-order valence-corrected chi connectivity index (χ0v) is 22.2. The molecule has 202 valence electrons. The van der Waals surface area contributed by atoms with Crippen LogP contribution in [0.25, 0.3) is 0 Å². The molecule has 1 unspecified atom stereocenters. The number of benzene rings is 3. The number of allylic oxidation sites excluding steroid dienone is 1. The Morgan fingerprint density at radius 3 is 2.23 bits per heavy atom. The maximum absolute atomic E-state index is 13.7. The Labute approximate surface area is 232 Å². The molecule has 0 spiro atoms. The highest BCUT2D eigenvalue weighted by Crippen LogP contribution is 2.37. The summed E-state index contributed by atoms with van der Waals surface area (Å²) in [6, 6.07) is 19.0. The first kappa shape index (κ1) is 26.6. The second-order valence-electron chi connectivity index (χ2n) is 9.06. The molecule has 13 heteroatoms. The normalized spacial score (nSPS) is 14.3. The van der Waals surface area contributed by atoms with Crippen molar-refractivity contribution in [2.75, 3.05) is 10.6 Å². The van der Waals surface area contributed by atoms with Crippen molar-refractivity contribution in [1.29, 1.82) is 0 Å². The van der Waals surface area contributed by atoms with Crippen molar-refractivity contribution >= 4 is 40.7 Å². The van der Waals surface area contributed by atoms with Gasteiger partial charge in [0.25, 0.3) is 17.3 Å². The zero-order chi connectivity index (χ0) is 28.4. The van der Waals surface area contributed by atoms with Crippen LogP contribution in [0.4, 0.5) is 23.0 Å². The van der Waals surface area contributed by atoms with Crippen LogP contribution >= 0.6 is 11.8 Å². The number of amides is 1. The highest BCUT2D eigenvalue weighted by Gasteiger charge is 2.34. The molecule has 1 amide bonds. The molecule has 1 aromatic heterocycles. The highest BCUT2D eigenvalue weighted by atomic mass is 32.2. The zero-order valence-electron chi connectivity index (χ0n) is 21.4. The molecule has 1 aliphatic heterocycles. The molecule has 1 atom stereocenters. The average molecular weight is 558 g/mol. The van der Waals surface area contributed by atoms with Crippen molar-refractivity contribution < 1.29 is 14.6 Å². The number of fused-ring (bicyclic) bond motifs is 1. The largest absolute Gasteiger partial charge is 0.328 e. The van der Waals surface area contributed by atoms with E-state index in [-0.39, 0.29) is 17.3 Å². The van der Waals surface area contributed by atoms with E-state index in [2.05, 4.69) is 20.7 Å². The number of anilines is 2. The maximum atomic E-state index is 13.7. The number of hydrogen-bond acceptors (Lipinski definition) is 9. The van der Waals surface area contributed by atoms with Crippen molar-refractivity contribution in [1.82, 2.24) is 14.8 Å². The predicted molar refractivity (Wildman–Crippen MR) is 150 cm³/mol. The molecule has 2 N–H and O–H groups in total. The number of hydrogen-bond donors (Lipinski definition) is 2. The van der Waals surface area contributed by atoms with Crippen LogP contribution in [0.2, 0.25) is 0 Å². The fourth-order valence-corrected chi connectivity index (χ4v) is 5.12. The molecule has 5 rings (SSSR count). The van der Waals surface area contributed by atoms with Gasteiger partial charge in [0.2, 0.25) is 11.1 Å². The molecule has 0 saturated carbocycles. The van der Waals surface area contributed by atoms with Crippen LogP contribution in [0.1, 0.15) is 29.7 Å². The molecule has 1 aliphatic rings. The number of aromatic nitrogens is 3.